The Balaban J connectivity index is 1.96. The molecule has 0 atom stereocenters. The van der Waals surface area contributed by atoms with Gasteiger partial charge in [0.25, 0.3) is 0 Å². The highest BCUT2D eigenvalue weighted by Gasteiger charge is 2.20. The molecule has 0 aliphatic heterocycles. The van der Waals surface area contributed by atoms with Crippen molar-refractivity contribution in [1.29, 1.82) is 0 Å². The monoisotopic (exact) mass is 437 g/mol. The molecule has 2 heterocycles. The van der Waals surface area contributed by atoms with Gasteiger partial charge in [0, 0.05) is 11.8 Å². The zero-order valence-corrected chi connectivity index (χ0v) is 17.4. The first-order chi connectivity index (χ1) is 14.2. The molecule has 2 aromatic heterocycles. The van der Waals surface area contributed by atoms with E-state index in [1.807, 2.05) is 13.8 Å². The minimum Gasteiger partial charge on any atom is -0.489 e. The molecule has 0 aliphatic carbocycles. The molecular formula is C19H21F2N5O3S. The van der Waals surface area contributed by atoms with E-state index in [-0.39, 0.29) is 17.5 Å². The van der Waals surface area contributed by atoms with Crippen molar-refractivity contribution in [1.82, 2.24) is 20.0 Å². The highest BCUT2D eigenvalue weighted by atomic mass is 32.2. The second-order valence-corrected chi connectivity index (χ2v) is 8.64. The summed E-state index contributed by atoms with van der Waals surface area (Å²) >= 11 is 0. The fourth-order valence-corrected chi connectivity index (χ4v) is 3.85. The van der Waals surface area contributed by atoms with Crippen LogP contribution < -0.4 is 9.46 Å². The van der Waals surface area contributed by atoms with E-state index in [0.717, 1.165) is 16.8 Å². The fraction of sp³-hybridized carbons (Fsp3) is 0.316. The number of nitrogens with one attached hydrogen (secondary N) is 1. The molecule has 1 aromatic carbocycles. The summed E-state index contributed by atoms with van der Waals surface area (Å²) in [5.74, 6) is -1.69. The van der Waals surface area contributed by atoms with Crippen LogP contribution in [0.15, 0.2) is 36.8 Å². The Labute approximate surface area is 173 Å². The predicted molar refractivity (Wildman–Crippen MR) is 108 cm³/mol. The molecule has 0 fully saturated rings. The Morgan fingerprint density at radius 3 is 2.70 bits per heavy atom. The summed E-state index contributed by atoms with van der Waals surface area (Å²) in [6, 6.07) is 3.67. The number of benzene rings is 1. The normalized spacial score (nSPS) is 11.7. The maximum atomic E-state index is 14.9. The smallest absolute Gasteiger partial charge is 0.232 e. The lowest BCUT2D eigenvalue weighted by molar-refractivity contribution is 0.241. The van der Waals surface area contributed by atoms with Crippen molar-refractivity contribution in [3.05, 3.63) is 48.4 Å². The number of aromatic nitrogens is 4. The molecule has 0 amide bonds. The number of ether oxygens (including phenoxy) is 1. The first-order valence-corrected chi connectivity index (χ1v) is 10.9. The zero-order valence-electron chi connectivity index (χ0n) is 16.6. The van der Waals surface area contributed by atoms with E-state index in [1.165, 1.54) is 12.4 Å². The van der Waals surface area contributed by atoms with Crippen molar-refractivity contribution in [2.45, 2.75) is 33.3 Å². The van der Waals surface area contributed by atoms with Gasteiger partial charge >= 0.3 is 0 Å². The second-order valence-electron chi connectivity index (χ2n) is 6.80. The van der Waals surface area contributed by atoms with Crippen LogP contribution in [-0.2, 0) is 10.0 Å². The summed E-state index contributed by atoms with van der Waals surface area (Å²) in [6.07, 6.45) is 4.68. The summed E-state index contributed by atoms with van der Waals surface area (Å²) in [4.78, 5) is 4.08. The van der Waals surface area contributed by atoms with E-state index in [1.54, 1.807) is 19.2 Å². The van der Waals surface area contributed by atoms with Gasteiger partial charge in [0.05, 0.1) is 29.9 Å². The Morgan fingerprint density at radius 2 is 2.00 bits per heavy atom. The Morgan fingerprint density at radius 1 is 1.23 bits per heavy atom. The van der Waals surface area contributed by atoms with E-state index in [2.05, 4.69) is 20.0 Å². The molecule has 0 aliphatic rings. The summed E-state index contributed by atoms with van der Waals surface area (Å²) in [5, 5.41) is 7.73. The lowest BCUT2D eigenvalue weighted by Gasteiger charge is -2.11. The molecule has 0 saturated heterocycles. The summed E-state index contributed by atoms with van der Waals surface area (Å²) in [6.45, 7) is 5.42. The van der Waals surface area contributed by atoms with Crippen molar-refractivity contribution in [3.63, 3.8) is 0 Å². The molecule has 3 rings (SSSR count). The number of anilines is 1. The number of hydrogen-bond donors (Lipinski definition) is 1. The minimum atomic E-state index is -3.75. The molecule has 0 bridgehead atoms. The third kappa shape index (κ3) is 4.90. The molecule has 0 radical (unpaired) electrons. The van der Waals surface area contributed by atoms with E-state index in [4.69, 9.17) is 4.74 Å². The van der Waals surface area contributed by atoms with Gasteiger partial charge in [0.1, 0.15) is 17.1 Å². The van der Waals surface area contributed by atoms with Crippen LogP contribution >= 0.6 is 0 Å². The summed E-state index contributed by atoms with van der Waals surface area (Å²) in [5.41, 5.74) is -0.0635. The molecular weight excluding hydrogens is 416 g/mol. The molecule has 1 N–H and O–H groups in total. The highest BCUT2D eigenvalue weighted by molar-refractivity contribution is 7.92. The van der Waals surface area contributed by atoms with Gasteiger partial charge in [-0.1, -0.05) is 12.1 Å². The molecule has 30 heavy (non-hydrogen) atoms. The maximum Gasteiger partial charge on any atom is 0.232 e. The minimum absolute atomic E-state index is 0.0554. The van der Waals surface area contributed by atoms with Gasteiger partial charge in [-0.3, -0.25) is 9.71 Å². The molecule has 3 aromatic rings. The van der Waals surface area contributed by atoms with Crippen LogP contribution in [0.4, 0.5) is 14.5 Å². The Kier molecular flexibility index (Phi) is 6.30. The third-order valence-corrected chi connectivity index (χ3v) is 5.39. The molecule has 0 spiro atoms. The van der Waals surface area contributed by atoms with E-state index in [0.29, 0.717) is 23.4 Å². The predicted octanol–water partition coefficient (Wildman–Crippen LogP) is 3.55. The standard InChI is InChI=1S/C19H21F2N5O3S/c1-4-7-30(27,28)24-16-6-5-15(20)19(18(16)21)26-11-17(23-25-26)13-8-14(10-22-9-13)29-12(2)3/h5-6,8-12,24H,4,7H2,1-3H3. The first kappa shape index (κ1) is 21.6. The summed E-state index contributed by atoms with van der Waals surface area (Å²) in [7, 11) is -3.75. The topological polar surface area (TPSA) is 99.0 Å². The van der Waals surface area contributed by atoms with Crippen LogP contribution in [0.3, 0.4) is 0 Å². The molecule has 11 heteroatoms. The molecule has 0 saturated carbocycles. The van der Waals surface area contributed by atoms with Gasteiger partial charge in [-0.2, -0.15) is 0 Å². The van der Waals surface area contributed by atoms with Crippen LogP contribution in [0.5, 0.6) is 5.75 Å². The van der Waals surface area contributed by atoms with Crippen LogP contribution in [0.25, 0.3) is 16.9 Å². The Hall–Kier alpha value is -3.08. The fourth-order valence-electron chi connectivity index (χ4n) is 2.72. The highest BCUT2D eigenvalue weighted by Crippen LogP contribution is 2.27. The number of hydrogen-bond acceptors (Lipinski definition) is 6. The largest absolute Gasteiger partial charge is 0.489 e. The first-order valence-electron chi connectivity index (χ1n) is 9.23. The average Bonchev–Trinajstić information content (AvgIpc) is 3.13. The average molecular weight is 437 g/mol. The van der Waals surface area contributed by atoms with Gasteiger partial charge < -0.3 is 4.74 Å². The summed E-state index contributed by atoms with van der Waals surface area (Å²) < 4.78 is 61.8. The zero-order chi connectivity index (χ0) is 21.9. The van der Waals surface area contributed by atoms with Crippen LogP contribution in [-0.4, -0.2) is 40.3 Å². The molecule has 160 valence electrons. The van der Waals surface area contributed by atoms with Gasteiger partial charge in [-0.05, 0) is 38.5 Å². The second kappa shape index (κ2) is 8.74. The number of sulfonamides is 1. The van der Waals surface area contributed by atoms with Crippen molar-refractivity contribution in [2.75, 3.05) is 10.5 Å². The van der Waals surface area contributed by atoms with E-state index < -0.39 is 27.3 Å². The SMILES string of the molecule is CCCS(=O)(=O)Nc1ccc(F)c(-n2cc(-c3cncc(OC(C)C)c3)nn2)c1F. The third-order valence-electron chi connectivity index (χ3n) is 3.91. The van der Waals surface area contributed by atoms with Crippen LogP contribution in [0.2, 0.25) is 0 Å². The quantitative estimate of drug-likeness (QED) is 0.579. The molecule has 8 nitrogen and oxygen atoms in total. The van der Waals surface area contributed by atoms with Crippen molar-refractivity contribution < 1.29 is 21.9 Å². The maximum absolute atomic E-state index is 14.9. The van der Waals surface area contributed by atoms with E-state index in [9.17, 15) is 17.2 Å². The lowest BCUT2D eigenvalue weighted by Crippen LogP contribution is -2.18. The van der Waals surface area contributed by atoms with Gasteiger partial charge in [0.2, 0.25) is 10.0 Å². The van der Waals surface area contributed by atoms with Crippen molar-refractivity contribution in [3.8, 4) is 22.7 Å². The number of pyridine rings is 1. The van der Waals surface area contributed by atoms with Gasteiger partial charge in [-0.25, -0.2) is 21.9 Å². The Bertz CT molecular complexity index is 1150. The van der Waals surface area contributed by atoms with E-state index >= 15 is 0 Å². The van der Waals surface area contributed by atoms with Crippen molar-refractivity contribution in [2.24, 2.45) is 0 Å². The van der Waals surface area contributed by atoms with Gasteiger partial charge in [0.15, 0.2) is 11.6 Å². The number of halogens is 2. The number of nitrogens with zero attached hydrogens (tertiary/aromatic N) is 4. The molecule has 0 unspecified atom stereocenters. The van der Waals surface area contributed by atoms with Crippen molar-refractivity contribution >= 4 is 15.7 Å². The van der Waals surface area contributed by atoms with Crippen LogP contribution in [0, 0.1) is 11.6 Å². The number of rotatable bonds is 8. The lowest BCUT2D eigenvalue weighted by atomic mass is 10.2. The van der Waals surface area contributed by atoms with Crippen LogP contribution in [0.1, 0.15) is 27.2 Å². The van der Waals surface area contributed by atoms with Gasteiger partial charge in [-0.15, -0.1) is 5.10 Å².